The zero-order valence-corrected chi connectivity index (χ0v) is 16.3. The van der Waals surface area contributed by atoms with Gasteiger partial charge in [0.25, 0.3) is 5.91 Å². The quantitative estimate of drug-likeness (QED) is 0.849. The number of rotatable bonds is 3. The first-order chi connectivity index (χ1) is 12.9. The minimum Gasteiger partial charge on any atom is -0.351 e. The van der Waals surface area contributed by atoms with Gasteiger partial charge in [0.15, 0.2) is 0 Å². The van der Waals surface area contributed by atoms with Gasteiger partial charge in [-0.1, -0.05) is 12.8 Å². The average Bonchev–Trinajstić information content (AvgIpc) is 3.31. The van der Waals surface area contributed by atoms with Gasteiger partial charge in [-0.05, 0) is 62.8 Å². The van der Waals surface area contributed by atoms with Crippen molar-refractivity contribution in [1.82, 2.24) is 10.3 Å². The van der Waals surface area contributed by atoms with E-state index in [-0.39, 0.29) is 23.1 Å². The monoisotopic (exact) mass is 387 g/mol. The van der Waals surface area contributed by atoms with E-state index in [0.717, 1.165) is 55.1 Å². The lowest BCUT2D eigenvalue weighted by molar-refractivity contribution is 0.0947. The molecule has 1 aliphatic heterocycles. The molecule has 1 aromatic heterocycles. The number of carbonyl (C=O) groups is 1. The molecule has 6 nitrogen and oxygen atoms in total. The van der Waals surface area contributed by atoms with Crippen molar-refractivity contribution < 1.29 is 13.2 Å². The second-order valence-electron chi connectivity index (χ2n) is 8.26. The number of anilines is 1. The van der Waals surface area contributed by atoms with Crippen molar-refractivity contribution in [1.29, 1.82) is 0 Å². The molecule has 3 atom stereocenters. The fraction of sp³-hybridized carbons (Fsp3) is 0.550. The summed E-state index contributed by atoms with van der Waals surface area (Å²) in [5.74, 6) is 0.121. The fourth-order valence-corrected chi connectivity index (χ4v) is 6.94. The number of amides is 1. The smallest absolute Gasteiger partial charge is 0.267 e. The highest BCUT2D eigenvalue weighted by Crippen LogP contribution is 2.44. The molecule has 3 fully saturated rings. The molecular weight excluding hydrogens is 362 g/mol. The molecule has 0 bridgehead atoms. The van der Waals surface area contributed by atoms with Gasteiger partial charge in [0, 0.05) is 23.0 Å². The van der Waals surface area contributed by atoms with E-state index in [1.54, 1.807) is 4.31 Å². The molecule has 27 heavy (non-hydrogen) atoms. The zero-order valence-electron chi connectivity index (χ0n) is 15.4. The van der Waals surface area contributed by atoms with Crippen LogP contribution in [-0.4, -0.2) is 36.6 Å². The van der Waals surface area contributed by atoms with Crippen LogP contribution in [0.4, 0.5) is 5.69 Å². The van der Waals surface area contributed by atoms with Crippen molar-refractivity contribution >= 4 is 32.5 Å². The Morgan fingerprint density at radius 1 is 1.15 bits per heavy atom. The fourth-order valence-electron chi connectivity index (χ4n) is 4.78. The molecule has 2 saturated carbocycles. The Hall–Kier alpha value is -2.02. The zero-order chi connectivity index (χ0) is 18.8. The number of hydrogen-bond donors (Lipinski definition) is 2. The molecule has 3 aliphatic rings. The summed E-state index contributed by atoms with van der Waals surface area (Å²) in [4.78, 5) is 15.4. The van der Waals surface area contributed by atoms with Gasteiger partial charge in [-0.15, -0.1) is 0 Å². The molecule has 0 radical (unpaired) electrons. The lowest BCUT2D eigenvalue weighted by Crippen LogP contribution is -2.36. The Labute approximate surface area is 159 Å². The van der Waals surface area contributed by atoms with E-state index in [4.69, 9.17) is 0 Å². The highest BCUT2D eigenvalue weighted by Gasteiger charge is 2.51. The number of benzene rings is 1. The number of nitrogens with one attached hydrogen (secondary N) is 2. The predicted molar refractivity (Wildman–Crippen MR) is 105 cm³/mol. The van der Waals surface area contributed by atoms with Crippen molar-refractivity contribution in [3.05, 3.63) is 30.0 Å². The molecule has 0 spiro atoms. The Balaban J connectivity index is 1.51. The Morgan fingerprint density at radius 2 is 1.93 bits per heavy atom. The van der Waals surface area contributed by atoms with Gasteiger partial charge >= 0.3 is 0 Å². The van der Waals surface area contributed by atoms with Gasteiger partial charge in [0.2, 0.25) is 10.0 Å². The molecule has 3 unspecified atom stereocenters. The molecule has 2 heterocycles. The first-order valence-corrected chi connectivity index (χ1v) is 11.4. The van der Waals surface area contributed by atoms with Crippen molar-refractivity contribution in [2.24, 2.45) is 5.92 Å². The van der Waals surface area contributed by atoms with Gasteiger partial charge in [-0.25, -0.2) is 8.42 Å². The first kappa shape index (κ1) is 17.1. The summed E-state index contributed by atoms with van der Waals surface area (Å²) in [5, 5.41) is 3.52. The molecule has 1 saturated heterocycles. The normalized spacial score (nSPS) is 29.7. The third-order valence-electron chi connectivity index (χ3n) is 6.45. The highest BCUT2D eigenvalue weighted by atomic mass is 32.2. The molecule has 144 valence electrons. The topological polar surface area (TPSA) is 82.3 Å². The average molecular weight is 388 g/mol. The van der Waals surface area contributed by atoms with Gasteiger partial charge in [0.05, 0.1) is 10.9 Å². The number of hydrogen-bond acceptors (Lipinski definition) is 3. The van der Waals surface area contributed by atoms with Gasteiger partial charge < -0.3 is 10.3 Å². The molecule has 2 N–H and O–H groups in total. The summed E-state index contributed by atoms with van der Waals surface area (Å²) in [7, 11) is -3.34. The largest absolute Gasteiger partial charge is 0.351 e. The van der Waals surface area contributed by atoms with Crippen LogP contribution in [0, 0.1) is 5.92 Å². The van der Waals surface area contributed by atoms with E-state index in [2.05, 4.69) is 10.3 Å². The number of aromatic amines is 1. The summed E-state index contributed by atoms with van der Waals surface area (Å²) >= 11 is 0. The molecule has 1 aromatic carbocycles. The van der Waals surface area contributed by atoms with E-state index in [1.807, 2.05) is 31.2 Å². The standard InChI is InChI=1S/C20H25N3O3S/c1-12-16-4-2-3-5-19(16)23(27(12,25)26)15-8-9-17-13(10-15)11-18(22-17)20(24)21-14-6-7-14/h8-12,14,16,19,22H,2-7H2,1H3,(H,21,24). The summed E-state index contributed by atoms with van der Waals surface area (Å²) in [5.41, 5.74) is 2.10. The molecule has 1 amide bonds. The van der Waals surface area contributed by atoms with Crippen molar-refractivity contribution in [2.45, 2.75) is 62.8 Å². The molecule has 2 aliphatic carbocycles. The number of aromatic nitrogens is 1. The second kappa shape index (κ2) is 5.99. The highest BCUT2D eigenvalue weighted by molar-refractivity contribution is 7.93. The Bertz CT molecular complexity index is 1010. The number of H-pyrrole nitrogens is 1. The second-order valence-corrected chi connectivity index (χ2v) is 10.4. The van der Waals surface area contributed by atoms with E-state index in [1.165, 1.54) is 0 Å². The molecule has 5 rings (SSSR count). The van der Waals surface area contributed by atoms with Crippen LogP contribution < -0.4 is 9.62 Å². The summed E-state index contributed by atoms with van der Waals surface area (Å²) in [6.07, 6.45) is 6.20. The molecule has 2 aromatic rings. The van der Waals surface area contributed by atoms with Crippen molar-refractivity contribution in [3.8, 4) is 0 Å². The maximum Gasteiger partial charge on any atom is 0.267 e. The van der Waals surface area contributed by atoms with E-state index in [0.29, 0.717) is 11.7 Å². The minimum absolute atomic E-state index is 0.0628. The third kappa shape index (κ3) is 2.74. The number of sulfonamides is 1. The van der Waals surface area contributed by atoms with E-state index < -0.39 is 10.0 Å². The Morgan fingerprint density at radius 3 is 2.70 bits per heavy atom. The van der Waals surface area contributed by atoms with Gasteiger partial charge in [-0.3, -0.25) is 9.10 Å². The van der Waals surface area contributed by atoms with Crippen LogP contribution in [0.15, 0.2) is 24.3 Å². The van der Waals surface area contributed by atoms with Crippen LogP contribution in [-0.2, 0) is 10.0 Å². The van der Waals surface area contributed by atoms with Crippen LogP contribution in [0.2, 0.25) is 0 Å². The van der Waals surface area contributed by atoms with E-state index >= 15 is 0 Å². The lowest BCUT2D eigenvalue weighted by Gasteiger charge is -2.31. The van der Waals surface area contributed by atoms with Crippen LogP contribution in [0.25, 0.3) is 10.9 Å². The summed E-state index contributed by atoms with van der Waals surface area (Å²) in [6, 6.07) is 7.84. The molecular formula is C20H25N3O3S. The maximum absolute atomic E-state index is 13.1. The first-order valence-electron chi connectivity index (χ1n) is 9.92. The predicted octanol–water partition coefficient (Wildman–Crippen LogP) is 3.16. The number of nitrogens with zero attached hydrogens (tertiary/aromatic N) is 1. The van der Waals surface area contributed by atoms with Crippen LogP contribution in [0.5, 0.6) is 0 Å². The van der Waals surface area contributed by atoms with Gasteiger partial charge in [-0.2, -0.15) is 0 Å². The van der Waals surface area contributed by atoms with E-state index in [9.17, 15) is 13.2 Å². The van der Waals surface area contributed by atoms with Crippen molar-refractivity contribution in [3.63, 3.8) is 0 Å². The van der Waals surface area contributed by atoms with Crippen LogP contribution >= 0.6 is 0 Å². The third-order valence-corrected chi connectivity index (χ3v) is 8.76. The summed E-state index contributed by atoms with van der Waals surface area (Å²) in [6.45, 7) is 1.85. The SMILES string of the molecule is CC1C2CCCCC2N(c2ccc3[nH]c(C(=O)NC4CC4)cc3c2)S1(=O)=O. The summed E-state index contributed by atoms with van der Waals surface area (Å²) < 4.78 is 27.8. The van der Waals surface area contributed by atoms with Crippen LogP contribution in [0.1, 0.15) is 55.9 Å². The molecule has 7 heteroatoms. The lowest BCUT2D eigenvalue weighted by atomic mass is 9.82. The van der Waals surface area contributed by atoms with Crippen LogP contribution in [0.3, 0.4) is 0 Å². The Kier molecular flexibility index (Phi) is 3.79. The minimum atomic E-state index is -3.34. The van der Waals surface area contributed by atoms with Crippen molar-refractivity contribution in [2.75, 3.05) is 4.31 Å². The van der Waals surface area contributed by atoms with Gasteiger partial charge in [0.1, 0.15) is 5.69 Å². The maximum atomic E-state index is 13.1. The number of fused-ring (bicyclic) bond motifs is 2. The number of carbonyl (C=O) groups excluding carboxylic acids is 1.